The van der Waals surface area contributed by atoms with Gasteiger partial charge in [-0.05, 0) is 55.5 Å². The number of aliphatic hydroxyl groups excluding tert-OH is 1. The Kier molecular flexibility index (Phi) is 6.42. The zero-order chi connectivity index (χ0) is 24.4. The van der Waals surface area contributed by atoms with Crippen LogP contribution in [0.3, 0.4) is 0 Å². The largest absolute Gasteiger partial charge is 0.497 e. The predicted molar refractivity (Wildman–Crippen MR) is 135 cm³/mol. The van der Waals surface area contributed by atoms with Gasteiger partial charge >= 0.3 is 0 Å². The molecule has 1 amide bonds. The lowest BCUT2D eigenvalue weighted by molar-refractivity contribution is -0.117. The molecule has 0 unspecified atom stereocenters. The number of amides is 1. The van der Waals surface area contributed by atoms with Crippen molar-refractivity contribution in [2.75, 3.05) is 25.2 Å². The minimum atomic E-state index is -0.734. The number of aliphatic hydroxyl groups is 1. The fourth-order valence-electron chi connectivity index (χ4n) is 4.58. The van der Waals surface area contributed by atoms with Crippen molar-refractivity contribution in [2.45, 2.75) is 31.9 Å². The van der Waals surface area contributed by atoms with Gasteiger partial charge in [-0.3, -0.25) is 4.79 Å². The molecule has 35 heavy (non-hydrogen) atoms. The number of methoxy groups -OCH3 is 1. The highest BCUT2D eigenvalue weighted by atomic mass is 16.5. The summed E-state index contributed by atoms with van der Waals surface area (Å²) in [6, 6.07) is 23.1. The van der Waals surface area contributed by atoms with Gasteiger partial charge < -0.3 is 24.0 Å². The van der Waals surface area contributed by atoms with Gasteiger partial charge in [0.2, 0.25) is 5.91 Å². The van der Waals surface area contributed by atoms with Gasteiger partial charge in [0.25, 0.3) is 0 Å². The molecule has 1 N–H and O–H groups in total. The zero-order valence-corrected chi connectivity index (χ0v) is 19.9. The molecule has 4 aromatic rings. The van der Waals surface area contributed by atoms with Gasteiger partial charge in [0.05, 0.1) is 24.7 Å². The van der Waals surface area contributed by atoms with E-state index in [1.54, 1.807) is 12.0 Å². The number of fused-ring (bicyclic) bond motifs is 1. The van der Waals surface area contributed by atoms with E-state index in [2.05, 4.69) is 0 Å². The molecule has 2 atom stereocenters. The molecule has 1 fully saturated rings. The molecule has 1 aromatic heterocycles. The summed E-state index contributed by atoms with van der Waals surface area (Å²) in [6.45, 7) is 3.05. The Bertz CT molecular complexity index is 1310. The molecule has 2 heterocycles. The number of para-hydroxylation sites is 2. The Balaban J connectivity index is 1.36. The van der Waals surface area contributed by atoms with Crippen molar-refractivity contribution >= 4 is 22.6 Å². The van der Waals surface area contributed by atoms with Crippen LogP contribution in [0.1, 0.15) is 23.7 Å². The standard InChI is InChI=1S/C28H29N3O4/c1-19-7-11-24(12-8-19)35-18-22(32)17-31-26-6-4-3-5-25(26)29-28(31)20-15-27(33)30(16-20)21-9-13-23(34-2)14-10-21/h3-14,20,22,32H,15-18H2,1-2H3/t20-,22+/m1/s1. The molecule has 0 bridgehead atoms. The zero-order valence-electron chi connectivity index (χ0n) is 19.9. The summed E-state index contributed by atoms with van der Waals surface area (Å²) in [4.78, 5) is 19.6. The molecule has 1 aliphatic heterocycles. The highest BCUT2D eigenvalue weighted by molar-refractivity contribution is 5.96. The summed E-state index contributed by atoms with van der Waals surface area (Å²) in [7, 11) is 1.62. The number of carbonyl (C=O) groups excluding carboxylic acids is 1. The van der Waals surface area contributed by atoms with Gasteiger partial charge in [0, 0.05) is 24.6 Å². The third-order valence-electron chi connectivity index (χ3n) is 6.42. The van der Waals surface area contributed by atoms with Crippen LogP contribution >= 0.6 is 0 Å². The molecular weight excluding hydrogens is 442 g/mol. The van der Waals surface area contributed by atoms with Crippen LogP contribution < -0.4 is 14.4 Å². The number of aromatic nitrogens is 2. The first kappa shape index (κ1) is 22.9. The van der Waals surface area contributed by atoms with Gasteiger partial charge in [-0.25, -0.2) is 4.98 Å². The molecule has 0 radical (unpaired) electrons. The summed E-state index contributed by atoms with van der Waals surface area (Å²) < 4.78 is 13.1. The Morgan fingerprint density at radius 3 is 2.49 bits per heavy atom. The maximum atomic E-state index is 12.9. The number of carbonyl (C=O) groups is 1. The second-order valence-electron chi connectivity index (χ2n) is 8.95. The molecule has 1 saturated heterocycles. The minimum absolute atomic E-state index is 0.0574. The number of ether oxygens (including phenoxy) is 2. The van der Waals surface area contributed by atoms with Crippen molar-refractivity contribution in [2.24, 2.45) is 0 Å². The maximum absolute atomic E-state index is 12.9. The summed E-state index contributed by atoms with van der Waals surface area (Å²) in [5.74, 6) is 2.26. The molecule has 7 heteroatoms. The van der Waals surface area contributed by atoms with E-state index in [1.165, 1.54) is 0 Å². The Morgan fingerprint density at radius 2 is 1.74 bits per heavy atom. The van der Waals surface area contributed by atoms with Crippen LogP contribution in [-0.4, -0.2) is 46.9 Å². The Morgan fingerprint density at radius 1 is 1.03 bits per heavy atom. The fraction of sp³-hybridized carbons (Fsp3) is 0.286. The van der Waals surface area contributed by atoms with E-state index >= 15 is 0 Å². The number of nitrogens with zero attached hydrogens (tertiary/aromatic N) is 3. The average molecular weight is 472 g/mol. The number of aryl methyl sites for hydroxylation is 1. The number of hydrogen-bond acceptors (Lipinski definition) is 5. The highest BCUT2D eigenvalue weighted by Crippen LogP contribution is 2.34. The lowest BCUT2D eigenvalue weighted by atomic mass is 10.1. The SMILES string of the molecule is COc1ccc(N2C[C@H](c3nc4ccccc4n3C[C@H](O)COc3ccc(C)cc3)CC2=O)cc1. The molecule has 0 saturated carbocycles. The first-order valence-electron chi connectivity index (χ1n) is 11.8. The summed E-state index contributed by atoms with van der Waals surface area (Å²) in [5.41, 5.74) is 3.78. The van der Waals surface area contributed by atoms with E-state index in [1.807, 2.05) is 84.3 Å². The van der Waals surface area contributed by atoms with E-state index in [4.69, 9.17) is 14.5 Å². The Hall–Kier alpha value is -3.84. The van der Waals surface area contributed by atoms with Gasteiger partial charge in [-0.15, -0.1) is 0 Å². The third kappa shape index (κ3) is 4.86. The number of rotatable bonds is 8. The molecule has 1 aliphatic rings. The van der Waals surface area contributed by atoms with Crippen LogP contribution in [0.4, 0.5) is 5.69 Å². The second-order valence-corrected chi connectivity index (χ2v) is 8.95. The number of benzene rings is 3. The van der Waals surface area contributed by atoms with Gasteiger partial charge in [-0.2, -0.15) is 0 Å². The predicted octanol–water partition coefficient (Wildman–Crippen LogP) is 4.31. The van der Waals surface area contributed by atoms with Crippen LogP contribution in [0.25, 0.3) is 11.0 Å². The van der Waals surface area contributed by atoms with Crippen LogP contribution in [0.15, 0.2) is 72.8 Å². The molecule has 3 aromatic carbocycles. The van der Waals surface area contributed by atoms with E-state index in [-0.39, 0.29) is 18.4 Å². The maximum Gasteiger partial charge on any atom is 0.227 e. The van der Waals surface area contributed by atoms with Crippen molar-refractivity contribution in [1.82, 2.24) is 9.55 Å². The summed E-state index contributed by atoms with van der Waals surface area (Å²) in [5, 5.41) is 10.8. The first-order valence-corrected chi connectivity index (χ1v) is 11.8. The van der Waals surface area contributed by atoms with Gasteiger partial charge in [0.15, 0.2) is 0 Å². The number of anilines is 1. The van der Waals surface area contributed by atoms with Gasteiger partial charge in [0.1, 0.15) is 30.0 Å². The van der Waals surface area contributed by atoms with Crippen molar-refractivity contribution in [3.63, 3.8) is 0 Å². The van der Waals surface area contributed by atoms with Crippen LogP contribution in [0.5, 0.6) is 11.5 Å². The normalized spacial score (nSPS) is 16.6. The van der Waals surface area contributed by atoms with E-state index in [9.17, 15) is 9.90 Å². The van der Waals surface area contributed by atoms with Crippen molar-refractivity contribution in [1.29, 1.82) is 0 Å². The number of imidazole rings is 1. The molecule has 0 spiro atoms. The molecule has 0 aliphatic carbocycles. The molecule has 5 rings (SSSR count). The van der Waals surface area contributed by atoms with Crippen molar-refractivity contribution < 1.29 is 19.4 Å². The smallest absolute Gasteiger partial charge is 0.227 e. The molecule has 180 valence electrons. The summed E-state index contributed by atoms with van der Waals surface area (Å²) in [6.07, 6.45) is -0.367. The second kappa shape index (κ2) is 9.80. The Labute approximate surface area is 204 Å². The quantitative estimate of drug-likeness (QED) is 0.414. The van der Waals surface area contributed by atoms with Crippen LogP contribution in [-0.2, 0) is 11.3 Å². The molecular formula is C28H29N3O4. The topological polar surface area (TPSA) is 76.8 Å². The molecule has 7 nitrogen and oxygen atoms in total. The van der Waals surface area contributed by atoms with Crippen LogP contribution in [0, 0.1) is 6.92 Å². The summed E-state index contributed by atoms with van der Waals surface area (Å²) >= 11 is 0. The van der Waals surface area contributed by atoms with E-state index < -0.39 is 6.10 Å². The van der Waals surface area contributed by atoms with Crippen molar-refractivity contribution in [3.05, 3.63) is 84.2 Å². The highest BCUT2D eigenvalue weighted by Gasteiger charge is 2.35. The monoisotopic (exact) mass is 471 g/mol. The van der Waals surface area contributed by atoms with E-state index in [0.717, 1.165) is 39.6 Å². The van der Waals surface area contributed by atoms with E-state index in [0.29, 0.717) is 19.5 Å². The minimum Gasteiger partial charge on any atom is -0.497 e. The van der Waals surface area contributed by atoms with Gasteiger partial charge in [-0.1, -0.05) is 29.8 Å². The number of hydrogen-bond donors (Lipinski definition) is 1. The fourth-order valence-corrected chi connectivity index (χ4v) is 4.58. The average Bonchev–Trinajstić information content (AvgIpc) is 3.44. The lowest BCUT2D eigenvalue weighted by Gasteiger charge is -2.19. The first-order chi connectivity index (χ1) is 17.0. The lowest BCUT2D eigenvalue weighted by Crippen LogP contribution is -2.26. The third-order valence-corrected chi connectivity index (χ3v) is 6.42. The van der Waals surface area contributed by atoms with Crippen molar-refractivity contribution in [3.8, 4) is 11.5 Å². The van der Waals surface area contributed by atoms with Crippen LogP contribution in [0.2, 0.25) is 0 Å².